The summed E-state index contributed by atoms with van der Waals surface area (Å²) in [5.74, 6) is 0.454. The summed E-state index contributed by atoms with van der Waals surface area (Å²) < 4.78 is 40.9. The smallest absolute Gasteiger partial charge is 0.181 e. The van der Waals surface area contributed by atoms with Crippen molar-refractivity contribution in [1.29, 1.82) is 0 Å². The SMILES string of the molecule is CC1=N[C@H](CF)[C@@H](c2ccc(S(C)(=O)=O)cc2)O1. The molecule has 1 aromatic carbocycles. The Labute approximate surface area is 105 Å². The van der Waals surface area contributed by atoms with Gasteiger partial charge < -0.3 is 4.74 Å². The minimum Gasteiger partial charge on any atom is -0.471 e. The minimum atomic E-state index is -3.22. The standard InChI is InChI=1S/C12H14FNO3S/c1-8-14-11(7-13)12(17-8)9-3-5-10(6-4-9)18(2,15)16/h3-6,11-12H,7H2,1-2H3/t11-,12-/m1/s1. The van der Waals surface area contributed by atoms with E-state index in [9.17, 15) is 12.8 Å². The van der Waals surface area contributed by atoms with Crippen LogP contribution in [-0.4, -0.2) is 33.3 Å². The summed E-state index contributed by atoms with van der Waals surface area (Å²) in [7, 11) is -3.22. The van der Waals surface area contributed by atoms with Crippen molar-refractivity contribution in [3.8, 4) is 0 Å². The number of rotatable bonds is 3. The molecule has 1 aliphatic heterocycles. The van der Waals surface area contributed by atoms with Gasteiger partial charge in [0, 0.05) is 13.2 Å². The molecule has 0 saturated carbocycles. The van der Waals surface area contributed by atoms with Gasteiger partial charge in [-0.1, -0.05) is 12.1 Å². The van der Waals surface area contributed by atoms with Crippen LogP contribution in [0, 0.1) is 0 Å². The van der Waals surface area contributed by atoms with Gasteiger partial charge in [-0.25, -0.2) is 17.8 Å². The lowest BCUT2D eigenvalue weighted by atomic mass is 10.0. The van der Waals surface area contributed by atoms with Crippen molar-refractivity contribution in [3.63, 3.8) is 0 Å². The average Bonchev–Trinajstić information content (AvgIpc) is 2.69. The van der Waals surface area contributed by atoms with Crippen LogP contribution in [0.15, 0.2) is 34.2 Å². The third-order valence-corrected chi connectivity index (χ3v) is 3.92. The average molecular weight is 271 g/mol. The lowest BCUT2D eigenvalue weighted by Crippen LogP contribution is -2.16. The second-order valence-electron chi connectivity index (χ2n) is 4.25. The van der Waals surface area contributed by atoms with E-state index in [1.165, 1.54) is 12.1 Å². The van der Waals surface area contributed by atoms with Crippen LogP contribution in [0.1, 0.15) is 18.6 Å². The Hall–Kier alpha value is -1.43. The van der Waals surface area contributed by atoms with E-state index >= 15 is 0 Å². The van der Waals surface area contributed by atoms with Crippen LogP contribution >= 0.6 is 0 Å². The largest absolute Gasteiger partial charge is 0.471 e. The molecule has 1 aliphatic rings. The topological polar surface area (TPSA) is 55.7 Å². The van der Waals surface area contributed by atoms with Crippen molar-refractivity contribution < 1.29 is 17.5 Å². The number of sulfone groups is 1. The molecule has 1 aromatic rings. The first-order chi connectivity index (χ1) is 8.41. The number of benzene rings is 1. The first-order valence-electron chi connectivity index (χ1n) is 5.49. The second kappa shape index (κ2) is 4.68. The molecular weight excluding hydrogens is 257 g/mol. The molecule has 0 bridgehead atoms. The molecule has 0 aromatic heterocycles. The van der Waals surface area contributed by atoms with E-state index < -0.39 is 28.7 Å². The van der Waals surface area contributed by atoms with Crippen molar-refractivity contribution in [2.24, 2.45) is 4.99 Å². The fraction of sp³-hybridized carbons (Fsp3) is 0.417. The fourth-order valence-corrected chi connectivity index (χ4v) is 2.53. The van der Waals surface area contributed by atoms with Crippen molar-refractivity contribution in [2.75, 3.05) is 12.9 Å². The number of ether oxygens (including phenoxy) is 1. The van der Waals surface area contributed by atoms with Crippen LogP contribution in [0.25, 0.3) is 0 Å². The van der Waals surface area contributed by atoms with Gasteiger partial charge in [0.05, 0.1) is 4.90 Å². The molecule has 0 spiro atoms. The number of hydrogen-bond acceptors (Lipinski definition) is 4. The molecule has 2 atom stereocenters. The zero-order valence-electron chi connectivity index (χ0n) is 10.1. The van der Waals surface area contributed by atoms with Gasteiger partial charge in [0.15, 0.2) is 21.8 Å². The molecule has 0 saturated heterocycles. The number of aliphatic imine (C=N–C) groups is 1. The van der Waals surface area contributed by atoms with Crippen LogP contribution < -0.4 is 0 Å². The first-order valence-corrected chi connectivity index (χ1v) is 7.38. The molecule has 0 unspecified atom stereocenters. The van der Waals surface area contributed by atoms with Crippen molar-refractivity contribution in [2.45, 2.75) is 24.0 Å². The van der Waals surface area contributed by atoms with Crippen LogP contribution in [0.4, 0.5) is 4.39 Å². The Morgan fingerprint density at radius 1 is 1.33 bits per heavy atom. The van der Waals surface area contributed by atoms with Crippen molar-refractivity contribution >= 4 is 15.7 Å². The molecule has 0 N–H and O–H groups in total. The van der Waals surface area contributed by atoms with Crippen LogP contribution in [-0.2, 0) is 14.6 Å². The third kappa shape index (κ3) is 2.53. The second-order valence-corrected chi connectivity index (χ2v) is 6.27. The molecule has 2 rings (SSSR count). The van der Waals surface area contributed by atoms with Gasteiger partial charge in [0.1, 0.15) is 12.7 Å². The zero-order valence-corrected chi connectivity index (χ0v) is 10.9. The maximum atomic E-state index is 12.8. The van der Waals surface area contributed by atoms with Crippen molar-refractivity contribution in [1.82, 2.24) is 0 Å². The van der Waals surface area contributed by atoms with Crippen LogP contribution in [0.5, 0.6) is 0 Å². The predicted octanol–water partition coefficient (Wildman–Crippen LogP) is 1.92. The summed E-state index contributed by atoms with van der Waals surface area (Å²) >= 11 is 0. The van der Waals surface area contributed by atoms with E-state index in [4.69, 9.17) is 4.74 Å². The normalized spacial score (nSPS) is 23.6. The van der Waals surface area contributed by atoms with Gasteiger partial charge in [-0.05, 0) is 17.7 Å². The maximum absolute atomic E-state index is 12.8. The van der Waals surface area contributed by atoms with E-state index in [2.05, 4.69) is 4.99 Å². The highest BCUT2D eigenvalue weighted by Crippen LogP contribution is 2.30. The lowest BCUT2D eigenvalue weighted by molar-refractivity contribution is 0.179. The first kappa shape index (κ1) is 13.0. The number of nitrogens with zero attached hydrogens (tertiary/aromatic N) is 1. The van der Waals surface area contributed by atoms with E-state index in [1.807, 2.05) is 0 Å². The van der Waals surface area contributed by atoms with E-state index in [0.717, 1.165) is 11.8 Å². The highest BCUT2D eigenvalue weighted by Gasteiger charge is 2.30. The summed E-state index contributed by atoms with van der Waals surface area (Å²) in [6, 6.07) is 5.72. The third-order valence-electron chi connectivity index (χ3n) is 2.79. The molecule has 6 heteroatoms. The Kier molecular flexibility index (Phi) is 3.38. The Bertz CT molecular complexity index is 565. The lowest BCUT2D eigenvalue weighted by Gasteiger charge is -2.15. The van der Waals surface area contributed by atoms with Gasteiger partial charge in [-0.3, -0.25) is 0 Å². The molecule has 18 heavy (non-hydrogen) atoms. The van der Waals surface area contributed by atoms with Gasteiger partial charge >= 0.3 is 0 Å². The zero-order chi connectivity index (χ0) is 13.3. The summed E-state index contributed by atoms with van der Waals surface area (Å²) in [6.45, 7) is 1.07. The summed E-state index contributed by atoms with van der Waals surface area (Å²) in [5, 5.41) is 0. The summed E-state index contributed by atoms with van der Waals surface area (Å²) in [6.07, 6.45) is 0.676. The van der Waals surface area contributed by atoms with Gasteiger partial charge in [0.2, 0.25) is 0 Å². The van der Waals surface area contributed by atoms with Gasteiger partial charge in [-0.2, -0.15) is 0 Å². The predicted molar refractivity (Wildman–Crippen MR) is 66.2 cm³/mol. The molecule has 98 valence electrons. The fourth-order valence-electron chi connectivity index (χ4n) is 1.90. The Morgan fingerprint density at radius 2 is 1.94 bits per heavy atom. The highest BCUT2D eigenvalue weighted by atomic mass is 32.2. The molecule has 0 amide bonds. The molecule has 0 aliphatic carbocycles. The Balaban J connectivity index is 2.26. The minimum absolute atomic E-state index is 0.235. The molecule has 0 fully saturated rings. The summed E-state index contributed by atoms with van der Waals surface area (Å²) in [5.41, 5.74) is 0.727. The van der Waals surface area contributed by atoms with Crippen LogP contribution in [0.3, 0.4) is 0 Å². The monoisotopic (exact) mass is 271 g/mol. The van der Waals surface area contributed by atoms with Crippen LogP contribution in [0.2, 0.25) is 0 Å². The van der Waals surface area contributed by atoms with Crippen molar-refractivity contribution in [3.05, 3.63) is 29.8 Å². The number of alkyl halides is 1. The quantitative estimate of drug-likeness (QED) is 0.844. The highest BCUT2D eigenvalue weighted by molar-refractivity contribution is 7.90. The Morgan fingerprint density at radius 3 is 2.44 bits per heavy atom. The van der Waals surface area contributed by atoms with Gasteiger partial charge in [-0.15, -0.1) is 0 Å². The molecule has 4 nitrogen and oxygen atoms in total. The van der Waals surface area contributed by atoms with E-state index in [0.29, 0.717) is 5.90 Å². The van der Waals surface area contributed by atoms with Gasteiger partial charge in [0.25, 0.3) is 0 Å². The molecular formula is C12H14FNO3S. The molecule has 1 heterocycles. The number of halogens is 1. The van der Waals surface area contributed by atoms with E-state index in [-0.39, 0.29) is 4.90 Å². The summed E-state index contributed by atoms with van der Waals surface area (Å²) in [4.78, 5) is 4.27. The number of hydrogen-bond donors (Lipinski definition) is 0. The van der Waals surface area contributed by atoms with E-state index in [1.54, 1.807) is 19.1 Å². The maximum Gasteiger partial charge on any atom is 0.181 e. The molecule has 0 radical (unpaired) electrons.